The lowest BCUT2D eigenvalue weighted by molar-refractivity contribution is -0.274. The lowest BCUT2D eigenvalue weighted by Crippen LogP contribution is -2.19. The highest BCUT2D eigenvalue weighted by molar-refractivity contribution is 5.81. The van der Waals surface area contributed by atoms with Crippen LogP contribution in [0.25, 0.3) is 10.9 Å². The number of hydrogen-bond donors (Lipinski definition) is 1. The van der Waals surface area contributed by atoms with E-state index in [-0.39, 0.29) is 16.6 Å². The molecule has 0 atom stereocenters. The first-order valence-electron chi connectivity index (χ1n) is 6.37. The summed E-state index contributed by atoms with van der Waals surface area (Å²) >= 11 is 0. The Morgan fingerprint density at radius 3 is 2.65 bits per heavy atom. The van der Waals surface area contributed by atoms with Crippen molar-refractivity contribution in [1.29, 1.82) is 0 Å². The van der Waals surface area contributed by atoms with Crippen molar-refractivity contribution >= 4 is 10.9 Å². The van der Waals surface area contributed by atoms with Crippen molar-refractivity contribution < 1.29 is 17.9 Å². The lowest BCUT2D eigenvalue weighted by atomic mass is 9.94. The Bertz CT molecular complexity index is 719. The van der Waals surface area contributed by atoms with Crippen LogP contribution in [0.2, 0.25) is 0 Å². The maximum absolute atomic E-state index is 12.3. The molecule has 0 saturated heterocycles. The molecule has 3 rings (SSSR count). The fourth-order valence-electron chi connectivity index (χ4n) is 2.64. The Labute approximate surface area is 112 Å². The van der Waals surface area contributed by atoms with Gasteiger partial charge in [-0.2, -0.15) is 0 Å². The van der Waals surface area contributed by atoms with Crippen molar-refractivity contribution in [3.05, 3.63) is 39.7 Å². The molecule has 3 nitrogen and oxygen atoms in total. The number of alkyl halides is 3. The van der Waals surface area contributed by atoms with Gasteiger partial charge in [-0.25, -0.2) is 0 Å². The van der Waals surface area contributed by atoms with Crippen LogP contribution in [-0.2, 0) is 12.8 Å². The highest BCUT2D eigenvalue weighted by atomic mass is 19.4. The minimum Gasteiger partial charge on any atom is -0.406 e. The molecule has 0 amide bonds. The van der Waals surface area contributed by atoms with Crippen LogP contribution in [0.15, 0.2) is 23.0 Å². The van der Waals surface area contributed by atoms with Crippen LogP contribution < -0.4 is 10.2 Å². The maximum atomic E-state index is 12.3. The molecule has 0 unspecified atom stereocenters. The first-order valence-corrected chi connectivity index (χ1v) is 6.37. The van der Waals surface area contributed by atoms with E-state index in [0.29, 0.717) is 17.5 Å². The van der Waals surface area contributed by atoms with Crippen LogP contribution in [0.3, 0.4) is 0 Å². The number of H-pyrrole nitrogens is 1. The molecular formula is C14H12F3NO2. The third kappa shape index (κ3) is 2.37. The molecule has 6 heteroatoms. The number of benzene rings is 1. The van der Waals surface area contributed by atoms with Crippen LogP contribution in [0.1, 0.15) is 24.1 Å². The minimum atomic E-state index is -4.76. The number of ether oxygens (including phenoxy) is 1. The van der Waals surface area contributed by atoms with Gasteiger partial charge in [-0.15, -0.1) is 13.2 Å². The van der Waals surface area contributed by atoms with Crippen molar-refractivity contribution in [2.45, 2.75) is 32.0 Å². The monoisotopic (exact) mass is 283 g/mol. The summed E-state index contributed by atoms with van der Waals surface area (Å²) in [6, 6.07) is 3.81. The lowest BCUT2D eigenvalue weighted by Gasteiger charge is -2.16. The summed E-state index contributed by atoms with van der Waals surface area (Å²) in [6.45, 7) is 0. The zero-order valence-electron chi connectivity index (χ0n) is 10.5. The van der Waals surface area contributed by atoms with Crippen molar-refractivity contribution in [3.8, 4) is 5.75 Å². The number of pyridine rings is 1. The van der Waals surface area contributed by atoms with E-state index in [1.54, 1.807) is 0 Å². The average Bonchev–Trinajstić information content (AvgIpc) is 2.38. The molecule has 0 fully saturated rings. The molecule has 0 spiro atoms. The Balaban J connectivity index is 2.14. The molecule has 1 aromatic heterocycles. The SMILES string of the molecule is O=c1c2c([nH]c3ccc(OC(F)(F)F)cc13)CCCC2. The van der Waals surface area contributed by atoms with Crippen molar-refractivity contribution in [3.63, 3.8) is 0 Å². The van der Waals surface area contributed by atoms with E-state index in [0.717, 1.165) is 31.0 Å². The zero-order valence-corrected chi connectivity index (χ0v) is 10.5. The minimum absolute atomic E-state index is 0.193. The van der Waals surface area contributed by atoms with Gasteiger partial charge < -0.3 is 9.72 Å². The Hall–Kier alpha value is -1.98. The number of rotatable bonds is 1. The van der Waals surface area contributed by atoms with E-state index >= 15 is 0 Å². The van der Waals surface area contributed by atoms with Gasteiger partial charge in [0.05, 0.1) is 0 Å². The molecule has 20 heavy (non-hydrogen) atoms. The molecule has 0 saturated carbocycles. The number of nitrogens with one attached hydrogen (secondary N) is 1. The summed E-state index contributed by atoms with van der Waals surface area (Å²) in [5.41, 5.74) is 1.94. The second-order valence-corrected chi connectivity index (χ2v) is 4.87. The van der Waals surface area contributed by atoms with Crippen LogP contribution in [0.5, 0.6) is 5.75 Å². The fraction of sp³-hybridized carbons (Fsp3) is 0.357. The summed E-state index contributed by atoms with van der Waals surface area (Å²) in [4.78, 5) is 15.5. The third-order valence-corrected chi connectivity index (χ3v) is 3.50. The van der Waals surface area contributed by atoms with Crippen LogP contribution >= 0.6 is 0 Å². The first-order chi connectivity index (χ1) is 9.44. The van der Waals surface area contributed by atoms with Gasteiger partial charge in [0.25, 0.3) is 0 Å². The number of fused-ring (bicyclic) bond motifs is 2. The number of halogens is 3. The van der Waals surface area contributed by atoms with Gasteiger partial charge in [-0.1, -0.05) is 0 Å². The van der Waals surface area contributed by atoms with Gasteiger partial charge in [0.1, 0.15) is 5.75 Å². The molecule has 1 aliphatic rings. The van der Waals surface area contributed by atoms with Crippen LogP contribution in [0.4, 0.5) is 13.2 Å². The van der Waals surface area contributed by atoms with Crippen LogP contribution in [-0.4, -0.2) is 11.3 Å². The topological polar surface area (TPSA) is 42.1 Å². The van der Waals surface area contributed by atoms with Gasteiger partial charge in [0.15, 0.2) is 5.43 Å². The van der Waals surface area contributed by atoms with Crippen LogP contribution in [0, 0.1) is 0 Å². The number of aromatic nitrogens is 1. The zero-order chi connectivity index (χ0) is 14.3. The molecule has 1 aliphatic carbocycles. The van der Waals surface area contributed by atoms with E-state index in [9.17, 15) is 18.0 Å². The molecule has 0 bridgehead atoms. The Kier molecular flexibility index (Phi) is 2.96. The summed E-state index contributed by atoms with van der Waals surface area (Å²) < 4.78 is 40.5. The molecule has 1 aromatic carbocycles. The molecule has 1 heterocycles. The standard InChI is InChI=1S/C14H12F3NO2/c15-14(16,17)20-8-5-6-12-10(7-8)13(19)9-3-1-2-4-11(9)18-12/h5-7H,1-4H2,(H,18,19). The fourth-order valence-corrected chi connectivity index (χ4v) is 2.64. The Morgan fingerprint density at radius 2 is 1.90 bits per heavy atom. The average molecular weight is 283 g/mol. The summed E-state index contributed by atoms with van der Waals surface area (Å²) in [5, 5.41) is 0.243. The molecular weight excluding hydrogens is 271 g/mol. The van der Waals surface area contributed by atoms with E-state index in [1.165, 1.54) is 12.1 Å². The molecule has 0 aliphatic heterocycles. The number of hydrogen-bond acceptors (Lipinski definition) is 2. The molecule has 2 aromatic rings. The van der Waals surface area contributed by atoms with Gasteiger partial charge >= 0.3 is 6.36 Å². The highest BCUT2D eigenvalue weighted by Gasteiger charge is 2.31. The van der Waals surface area contributed by atoms with Gasteiger partial charge in [0.2, 0.25) is 0 Å². The summed E-state index contributed by atoms with van der Waals surface area (Å²) in [7, 11) is 0. The predicted molar refractivity (Wildman–Crippen MR) is 67.9 cm³/mol. The molecule has 0 radical (unpaired) electrons. The largest absolute Gasteiger partial charge is 0.573 e. The van der Waals surface area contributed by atoms with E-state index < -0.39 is 6.36 Å². The highest BCUT2D eigenvalue weighted by Crippen LogP contribution is 2.26. The van der Waals surface area contributed by atoms with Crippen molar-refractivity contribution in [1.82, 2.24) is 4.98 Å². The van der Waals surface area contributed by atoms with E-state index in [2.05, 4.69) is 9.72 Å². The van der Waals surface area contributed by atoms with Gasteiger partial charge in [-0.3, -0.25) is 4.79 Å². The number of aromatic amines is 1. The predicted octanol–water partition coefficient (Wildman–Crippen LogP) is 3.31. The number of aryl methyl sites for hydroxylation is 1. The Morgan fingerprint density at radius 1 is 1.15 bits per heavy atom. The normalized spacial score (nSPS) is 15.2. The van der Waals surface area contributed by atoms with Gasteiger partial charge in [0, 0.05) is 22.2 Å². The second kappa shape index (κ2) is 4.54. The second-order valence-electron chi connectivity index (χ2n) is 4.87. The van der Waals surface area contributed by atoms with Gasteiger partial charge in [-0.05, 0) is 43.9 Å². The van der Waals surface area contributed by atoms with Crippen molar-refractivity contribution in [2.75, 3.05) is 0 Å². The third-order valence-electron chi connectivity index (χ3n) is 3.50. The quantitative estimate of drug-likeness (QED) is 0.872. The van der Waals surface area contributed by atoms with Crippen molar-refractivity contribution in [2.24, 2.45) is 0 Å². The first kappa shape index (κ1) is 13.0. The van der Waals surface area contributed by atoms with E-state index in [1.807, 2.05) is 0 Å². The summed E-state index contributed by atoms with van der Waals surface area (Å²) in [6.07, 6.45) is -1.33. The smallest absolute Gasteiger partial charge is 0.406 e. The summed E-state index contributed by atoms with van der Waals surface area (Å²) in [5.74, 6) is -0.369. The molecule has 1 N–H and O–H groups in total. The van der Waals surface area contributed by atoms with E-state index in [4.69, 9.17) is 0 Å². The maximum Gasteiger partial charge on any atom is 0.573 e. The molecule has 106 valence electrons.